The second-order valence-corrected chi connectivity index (χ2v) is 8.05. The van der Waals surface area contributed by atoms with Gasteiger partial charge in [0.1, 0.15) is 17.3 Å². The van der Waals surface area contributed by atoms with Gasteiger partial charge in [0.05, 0.1) is 0 Å². The van der Waals surface area contributed by atoms with Crippen LogP contribution in [0.4, 0.5) is 5.69 Å². The average Bonchev–Trinajstić information content (AvgIpc) is 3.49. The minimum Gasteiger partial charge on any atom is -0.336 e. The van der Waals surface area contributed by atoms with Crippen molar-refractivity contribution in [3.63, 3.8) is 0 Å². The number of hydrogen-bond donors (Lipinski definition) is 1. The van der Waals surface area contributed by atoms with Gasteiger partial charge in [-0.3, -0.25) is 14.3 Å². The number of hydrogen-bond acceptors (Lipinski definition) is 4. The van der Waals surface area contributed by atoms with Gasteiger partial charge in [-0.1, -0.05) is 18.2 Å². The zero-order chi connectivity index (χ0) is 20.9. The molecule has 0 aliphatic carbocycles. The molecule has 2 aliphatic rings. The summed E-state index contributed by atoms with van der Waals surface area (Å²) >= 11 is 0. The molecule has 1 spiro atoms. The average molecular weight is 404 g/mol. The summed E-state index contributed by atoms with van der Waals surface area (Å²) < 4.78 is 3.70. The lowest BCUT2D eigenvalue weighted by atomic mass is 9.74. The lowest BCUT2D eigenvalue weighted by Crippen LogP contribution is -2.43. The highest BCUT2D eigenvalue weighted by Gasteiger charge is 2.60. The first-order valence-electron chi connectivity index (χ1n) is 10.2. The zero-order valence-corrected chi connectivity index (χ0v) is 17.1. The molecule has 0 bridgehead atoms. The van der Waals surface area contributed by atoms with E-state index in [0.717, 1.165) is 22.8 Å². The van der Waals surface area contributed by atoms with Crippen molar-refractivity contribution in [3.8, 4) is 0 Å². The van der Waals surface area contributed by atoms with E-state index in [0.29, 0.717) is 25.8 Å². The first kappa shape index (κ1) is 18.6. The largest absolute Gasteiger partial charge is 0.336 e. The van der Waals surface area contributed by atoms with Crippen molar-refractivity contribution >= 4 is 17.5 Å². The van der Waals surface area contributed by atoms with E-state index in [1.807, 2.05) is 60.1 Å². The number of carbonyl (C=O) groups excluding carboxylic acids is 2. The maximum atomic E-state index is 13.4. The maximum absolute atomic E-state index is 13.4. The Balaban J connectivity index is 1.53. The molecule has 1 saturated heterocycles. The van der Waals surface area contributed by atoms with Crippen LogP contribution in [0.1, 0.15) is 36.0 Å². The second-order valence-electron chi connectivity index (χ2n) is 8.05. The van der Waals surface area contributed by atoms with Gasteiger partial charge < -0.3 is 14.8 Å². The number of anilines is 1. The number of aryl methyl sites for hydroxylation is 3. The summed E-state index contributed by atoms with van der Waals surface area (Å²) in [6, 6.07) is 9.26. The van der Waals surface area contributed by atoms with Gasteiger partial charge in [-0.15, -0.1) is 0 Å². The Hall–Kier alpha value is -3.42. The van der Waals surface area contributed by atoms with E-state index in [1.165, 1.54) is 0 Å². The second kappa shape index (κ2) is 6.83. The molecule has 1 aromatic carbocycles. The van der Waals surface area contributed by atoms with Gasteiger partial charge in [-0.25, -0.2) is 4.98 Å². The van der Waals surface area contributed by atoms with Gasteiger partial charge >= 0.3 is 0 Å². The van der Waals surface area contributed by atoms with Crippen LogP contribution in [0.5, 0.6) is 0 Å². The summed E-state index contributed by atoms with van der Waals surface area (Å²) in [7, 11) is 3.78. The molecule has 3 aromatic rings. The lowest BCUT2D eigenvalue weighted by Gasteiger charge is -2.33. The lowest BCUT2D eigenvalue weighted by molar-refractivity contribution is -0.133. The molecule has 8 nitrogen and oxygen atoms in total. The summed E-state index contributed by atoms with van der Waals surface area (Å²) in [6.07, 6.45) is 6.86. The Labute approximate surface area is 174 Å². The summed E-state index contributed by atoms with van der Waals surface area (Å²) in [6.45, 7) is 0.517. The van der Waals surface area contributed by atoms with Crippen LogP contribution in [-0.4, -0.2) is 42.6 Å². The van der Waals surface area contributed by atoms with Crippen molar-refractivity contribution in [2.75, 3.05) is 11.9 Å². The molecule has 30 heavy (non-hydrogen) atoms. The van der Waals surface area contributed by atoms with Crippen LogP contribution in [0.2, 0.25) is 0 Å². The standard InChI is InChI=1S/C22H24N6O2/c1-26-14-12-23-20(26)19-22(16-5-3-4-6-17(16)25-21(22)30)10-13-28(19)18(29)8-7-15-9-11-24-27(15)2/h3-6,9,11-12,14,19H,7-8,10,13H2,1-2H3,(H,25,30)/t19-,22+/m0/s1. The van der Waals surface area contributed by atoms with Gasteiger partial charge in [0, 0.05) is 57.0 Å². The molecule has 4 heterocycles. The summed E-state index contributed by atoms with van der Waals surface area (Å²) in [4.78, 5) is 33.1. The highest BCUT2D eigenvalue weighted by atomic mass is 16.2. The highest BCUT2D eigenvalue weighted by Crippen LogP contribution is 2.54. The number of likely N-dealkylation sites (tertiary alicyclic amines) is 1. The van der Waals surface area contributed by atoms with Crippen molar-refractivity contribution in [3.05, 3.63) is 66.0 Å². The fourth-order valence-electron chi connectivity index (χ4n) is 4.98. The topological polar surface area (TPSA) is 85.1 Å². The predicted octanol–water partition coefficient (Wildman–Crippen LogP) is 1.95. The number of para-hydroxylation sites is 1. The van der Waals surface area contributed by atoms with Crippen LogP contribution in [-0.2, 0) is 35.5 Å². The molecule has 154 valence electrons. The molecule has 2 aromatic heterocycles. The van der Waals surface area contributed by atoms with Gasteiger partial charge in [-0.2, -0.15) is 5.10 Å². The third kappa shape index (κ3) is 2.59. The van der Waals surface area contributed by atoms with Crippen molar-refractivity contribution in [2.45, 2.75) is 30.7 Å². The molecule has 0 saturated carbocycles. The van der Waals surface area contributed by atoms with Crippen LogP contribution < -0.4 is 5.32 Å². The van der Waals surface area contributed by atoms with E-state index in [9.17, 15) is 9.59 Å². The third-order valence-electron chi connectivity index (χ3n) is 6.53. The molecule has 0 radical (unpaired) electrons. The van der Waals surface area contributed by atoms with Crippen LogP contribution >= 0.6 is 0 Å². The number of amides is 2. The molecule has 8 heteroatoms. The van der Waals surface area contributed by atoms with E-state index in [2.05, 4.69) is 15.4 Å². The van der Waals surface area contributed by atoms with Gasteiger partial charge in [0.25, 0.3) is 0 Å². The van der Waals surface area contributed by atoms with Crippen molar-refractivity contribution in [1.29, 1.82) is 0 Å². The minimum atomic E-state index is -0.822. The van der Waals surface area contributed by atoms with Gasteiger partial charge in [0.15, 0.2) is 0 Å². The van der Waals surface area contributed by atoms with Crippen LogP contribution in [0.3, 0.4) is 0 Å². The number of benzene rings is 1. The number of fused-ring (bicyclic) bond motifs is 2. The smallest absolute Gasteiger partial charge is 0.237 e. The Morgan fingerprint density at radius 3 is 2.80 bits per heavy atom. The summed E-state index contributed by atoms with van der Waals surface area (Å²) in [5, 5.41) is 7.21. The van der Waals surface area contributed by atoms with Crippen molar-refractivity contribution < 1.29 is 9.59 Å². The molecule has 1 fully saturated rings. The van der Waals surface area contributed by atoms with E-state index in [-0.39, 0.29) is 11.8 Å². The number of nitrogens with zero attached hydrogens (tertiary/aromatic N) is 5. The molecule has 1 N–H and O–H groups in total. The van der Waals surface area contributed by atoms with E-state index in [1.54, 1.807) is 17.1 Å². The Morgan fingerprint density at radius 2 is 2.07 bits per heavy atom. The molecular weight excluding hydrogens is 380 g/mol. The Bertz CT molecular complexity index is 1130. The number of imidazole rings is 1. The molecule has 2 atom stereocenters. The van der Waals surface area contributed by atoms with Gasteiger partial charge in [0.2, 0.25) is 11.8 Å². The molecular formula is C22H24N6O2. The monoisotopic (exact) mass is 404 g/mol. The van der Waals surface area contributed by atoms with Gasteiger partial charge in [-0.05, 0) is 30.5 Å². The van der Waals surface area contributed by atoms with Crippen LogP contribution in [0.25, 0.3) is 0 Å². The quantitative estimate of drug-likeness (QED) is 0.720. The fourth-order valence-corrected chi connectivity index (χ4v) is 4.98. The van der Waals surface area contributed by atoms with Crippen LogP contribution in [0.15, 0.2) is 48.9 Å². The maximum Gasteiger partial charge on any atom is 0.237 e. The summed E-state index contributed by atoms with van der Waals surface area (Å²) in [5.74, 6) is 0.699. The van der Waals surface area contributed by atoms with Crippen LogP contribution in [0, 0.1) is 0 Å². The first-order chi connectivity index (χ1) is 14.5. The van der Waals surface area contributed by atoms with E-state index in [4.69, 9.17) is 0 Å². The first-order valence-corrected chi connectivity index (χ1v) is 10.2. The fraction of sp³-hybridized carbons (Fsp3) is 0.364. The number of aromatic nitrogens is 4. The SMILES string of the molecule is Cn1ccnc1[C@@H]1N(C(=O)CCc2ccnn2C)CC[C@]12C(=O)Nc1ccccc12. The molecule has 2 aliphatic heterocycles. The molecule has 0 unspecified atom stereocenters. The molecule has 5 rings (SSSR count). The molecule has 2 amide bonds. The summed E-state index contributed by atoms with van der Waals surface area (Å²) in [5.41, 5.74) is 1.96. The minimum absolute atomic E-state index is 0.0262. The zero-order valence-electron chi connectivity index (χ0n) is 17.1. The number of carbonyl (C=O) groups is 2. The van der Waals surface area contributed by atoms with Crippen molar-refractivity contribution in [2.24, 2.45) is 14.1 Å². The number of nitrogens with one attached hydrogen (secondary N) is 1. The Kier molecular flexibility index (Phi) is 4.23. The number of rotatable bonds is 4. The normalized spacial score (nSPS) is 22.5. The highest BCUT2D eigenvalue weighted by molar-refractivity contribution is 6.07. The third-order valence-corrected chi connectivity index (χ3v) is 6.53. The van der Waals surface area contributed by atoms with Crippen molar-refractivity contribution in [1.82, 2.24) is 24.2 Å². The Morgan fingerprint density at radius 1 is 1.23 bits per heavy atom. The predicted molar refractivity (Wildman–Crippen MR) is 111 cm³/mol. The van der Waals surface area contributed by atoms with E-state index < -0.39 is 11.5 Å². The van der Waals surface area contributed by atoms with E-state index >= 15 is 0 Å².